The molecule has 1 rings (SSSR count). The van der Waals surface area contributed by atoms with Gasteiger partial charge in [0.2, 0.25) is 0 Å². The molecule has 0 spiro atoms. The van der Waals surface area contributed by atoms with Gasteiger partial charge in [-0.1, -0.05) is 41.5 Å². The molecule has 1 aliphatic rings. The van der Waals surface area contributed by atoms with E-state index in [0.29, 0.717) is 0 Å². The molecule has 0 bridgehead atoms. The molecule has 1 aliphatic heterocycles. The highest BCUT2D eigenvalue weighted by atomic mass is 35.6. The Morgan fingerprint density at radius 3 is 1.41 bits per heavy atom. The molecule has 1 heterocycles. The Bertz CT molecular complexity index is 267. The Hall–Kier alpha value is 0.427. The predicted molar refractivity (Wildman–Crippen MR) is 75.5 cm³/mol. The van der Waals surface area contributed by atoms with Gasteiger partial charge in [-0.2, -0.15) is 0 Å². The van der Waals surface area contributed by atoms with Crippen molar-refractivity contribution >= 4 is 19.7 Å². The molecule has 0 aromatic carbocycles. The SMILES string of the molecule is CC(C)(C)C1(C)CC(C)(C(C)(C)C)O[SiH](Cl)O1. The van der Waals surface area contributed by atoms with Gasteiger partial charge >= 0.3 is 8.59 Å². The van der Waals surface area contributed by atoms with E-state index in [4.69, 9.17) is 19.9 Å². The Kier molecular flexibility index (Phi) is 3.85. The molecule has 0 radical (unpaired) electrons. The van der Waals surface area contributed by atoms with E-state index in [0.717, 1.165) is 6.42 Å². The van der Waals surface area contributed by atoms with E-state index in [1.165, 1.54) is 0 Å². The lowest BCUT2D eigenvalue weighted by atomic mass is 9.66. The van der Waals surface area contributed by atoms with Crippen molar-refractivity contribution in [1.82, 2.24) is 0 Å². The second-order valence-electron chi connectivity index (χ2n) is 7.65. The van der Waals surface area contributed by atoms with E-state index in [-0.39, 0.29) is 22.0 Å². The fraction of sp³-hybridized carbons (Fsp3) is 1.00. The molecule has 1 fully saturated rings. The molecule has 17 heavy (non-hydrogen) atoms. The van der Waals surface area contributed by atoms with Crippen molar-refractivity contribution < 1.29 is 8.85 Å². The molecule has 2 nitrogen and oxygen atoms in total. The Morgan fingerprint density at radius 2 is 1.18 bits per heavy atom. The minimum atomic E-state index is -2.07. The van der Waals surface area contributed by atoms with Gasteiger partial charge in [-0.3, -0.25) is 0 Å². The Balaban J connectivity index is 3.10. The fourth-order valence-electron chi connectivity index (χ4n) is 2.04. The van der Waals surface area contributed by atoms with Crippen LogP contribution in [0.25, 0.3) is 0 Å². The molecular formula is C13H27ClO2Si. The van der Waals surface area contributed by atoms with E-state index in [1.54, 1.807) is 0 Å². The van der Waals surface area contributed by atoms with Crippen molar-refractivity contribution in [2.45, 2.75) is 73.0 Å². The number of hydrogen-bond donors (Lipinski definition) is 0. The van der Waals surface area contributed by atoms with Crippen LogP contribution in [-0.4, -0.2) is 19.8 Å². The van der Waals surface area contributed by atoms with E-state index < -0.39 is 8.59 Å². The van der Waals surface area contributed by atoms with Crippen molar-refractivity contribution in [2.24, 2.45) is 10.8 Å². The van der Waals surface area contributed by atoms with Gasteiger partial charge in [-0.05, 0) is 24.7 Å². The van der Waals surface area contributed by atoms with Crippen LogP contribution in [0, 0.1) is 10.8 Å². The molecule has 2 unspecified atom stereocenters. The van der Waals surface area contributed by atoms with E-state index in [1.807, 2.05) is 0 Å². The molecular weight excluding hydrogens is 252 g/mol. The smallest absolute Gasteiger partial charge is 0.379 e. The summed E-state index contributed by atoms with van der Waals surface area (Å²) < 4.78 is 12.0. The highest BCUT2D eigenvalue weighted by Crippen LogP contribution is 2.50. The van der Waals surface area contributed by atoms with Gasteiger partial charge in [0, 0.05) is 6.42 Å². The highest BCUT2D eigenvalue weighted by Gasteiger charge is 2.54. The van der Waals surface area contributed by atoms with E-state index in [2.05, 4.69) is 55.4 Å². The first-order valence-corrected chi connectivity index (χ1v) is 8.99. The third-order valence-electron chi connectivity index (χ3n) is 4.55. The number of halogens is 1. The maximum Gasteiger partial charge on any atom is 0.427 e. The van der Waals surface area contributed by atoms with Crippen molar-refractivity contribution in [3.63, 3.8) is 0 Å². The van der Waals surface area contributed by atoms with Crippen molar-refractivity contribution in [1.29, 1.82) is 0 Å². The van der Waals surface area contributed by atoms with E-state index >= 15 is 0 Å². The van der Waals surface area contributed by atoms with Crippen molar-refractivity contribution in [3.8, 4) is 0 Å². The maximum atomic E-state index is 6.29. The normalized spacial score (nSPS) is 40.4. The zero-order valence-electron chi connectivity index (χ0n) is 12.5. The quantitative estimate of drug-likeness (QED) is 0.493. The van der Waals surface area contributed by atoms with Crippen LogP contribution < -0.4 is 0 Å². The molecule has 2 atom stereocenters. The molecule has 0 saturated carbocycles. The number of rotatable bonds is 0. The molecule has 0 N–H and O–H groups in total. The first-order valence-electron chi connectivity index (χ1n) is 6.30. The van der Waals surface area contributed by atoms with Crippen LogP contribution in [0.1, 0.15) is 61.8 Å². The highest BCUT2D eigenvalue weighted by molar-refractivity contribution is 6.99. The van der Waals surface area contributed by atoms with Crippen LogP contribution in [-0.2, 0) is 8.85 Å². The Morgan fingerprint density at radius 1 is 0.882 bits per heavy atom. The lowest BCUT2D eigenvalue weighted by molar-refractivity contribution is -0.168. The topological polar surface area (TPSA) is 18.5 Å². The summed E-state index contributed by atoms with van der Waals surface area (Å²) in [4.78, 5) is 0. The summed E-state index contributed by atoms with van der Waals surface area (Å²) in [5.41, 5.74) is -0.315. The van der Waals surface area contributed by atoms with Crippen LogP contribution in [0.15, 0.2) is 0 Å². The molecule has 1 saturated heterocycles. The van der Waals surface area contributed by atoms with Gasteiger partial charge in [0.05, 0.1) is 11.2 Å². The summed E-state index contributed by atoms with van der Waals surface area (Å²) in [7, 11) is -2.07. The molecule has 0 aromatic rings. The number of hydrogen-bond acceptors (Lipinski definition) is 2. The average Bonchev–Trinajstić information content (AvgIpc) is 1.96. The summed E-state index contributed by atoms with van der Waals surface area (Å²) in [6.07, 6.45) is 0.878. The molecule has 4 heteroatoms. The Labute approximate surface area is 113 Å². The third-order valence-corrected chi connectivity index (χ3v) is 6.50. The zero-order valence-corrected chi connectivity index (χ0v) is 14.4. The minimum Gasteiger partial charge on any atom is -0.379 e. The minimum absolute atomic E-state index is 0.0590. The molecule has 0 aliphatic carbocycles. The predicted octanol–water partition coefficient (Wildman–Crippen LogP) is 3.99. The van der Waals surface area contributed by atoms with E-state index in [9.17, 15) is 0 Å². The summed E-state index contributed by atoms with van der Waals surface area (Å²) in [6, 6.07) is 0. The van der Waals surface area contributed by atoms with Gasteiger partial charge < -0.3 is 8.85 Å². The average molecular weight is 279 g/mol. The lowest BCUT2D eigenvalue weighted by Gasteiger charge is -2.56. The summed E-state index contributed by atoms with van der Waals surface area (Å²) in [6.45, 7) is 17.6. The molecule has 0 amide bonds. The first kappa shape index (κ1) is 15.5. The summed E-state index contributed by atoms with van der Waals surface area (Å²) in [5.74, 6) is 0. The molecule has 102 valence electrons. The summed E-state index contributed by atoms with van der Waals surface area (Å²) >= 11 is 6.29. The van der Waals surface area contributed by atoms with Crippen LogP contribution in [0.3, 0.4) is 0 Å². The largest absolute Gasteiger partial charge is 0.427 e. The van der Waals surface area contributed by atoms with Gasteiger partial charge in [0.15, 0.2) is 0 Å². The van der Waals surface area contributed by atoms with Crippen LogP contribution in [0.4, 0.5) is 0 Å². The van der Waals surface area contributed by atoms with Crippen molar-refractivity contribution in [3.05, 3.63) is 0 Å². The van der Waals surface area contributed by atoms with Crippen molar-refractivity contribution in [2.75, 3.05) is 0 Å². The standard InChI is InChI=1S/C13H27ClO2Si/c1-10(2,3)12(7)9-13(8,11(4,5)6)16-17(14)15-12/h17H,9H2,1-8H3. The van der Waals surface area contributed by atoms with Crippen LogP contribution in [0.5, 0.6) is 0 Å². The molecule has 0 aromatic heterocycles. The monoisotopic (exact) mass is 278 g/mol. The third kappa shape index (κ3) is 2.88. The van der Waals surface area contributed by atoms with Gasteiger partial charge in [0.1, 0.15) is 0 Å². The van der Waals surface area contributed by atoms with Crippen LogP contribution >= 0.6 is 11.1 Å². The van der Waals surface area contributed by atoms with Gasteiger partial charge in [-0.15, -0.1) is 11.1 Å². The summed E-state index contributed by atoms with van der Waals surface area (Å²) in [5, 5.41) is 0. The second kappa shape index (κ2) is 4.22. The maximum absolute atomic E-state index is 6.29. The lowest BCUT2D eigenvalue weighted by Crippen LogP contribution is -2.61. The first-order chi connectivity index (χ1) is 7.31. The van der Waals surface area contributed by atoms with Gasteiger partial charge in [-0.25, -0.2) is 0 Å². The van der Waals surface area contributed by atoms with Crippen LogP contribution in [0.2, 0.25) is 0 Å². The second-order valence-corrected chi connectivity index (χ2v) is 9.74. The fourth-order valence-corrected chi connectivity index (χ4v) is 4.96. The van der Waals surface area contributed by atoms with Gasteiger partial charge in [0.25, 0.3) is 0 Å². The zero-order chi connectivity index (χ0) is 13.7.